The Bertz CT molecular complexity index is 376. The van der Waals surface area contributed by atoms with Crippen LogP contribution in [0.4, 0.5) is 0 Å². The highest BCUT2D eigenvalue weighted by atomic mass is 35.5. The molecule has 0 aromatic carbocycles. The van der Waals surface area contributed by atoms with Gasteiger partial charge in [0.1, 0.15) is 0 Å². The summed E-state index contributed by atoms with van der Waals surface area (Å²) in [6, 6.07) is 0. The minimum Gasteiger partial charge on any atom is -0.463 e. The van der Waals surface area contributed by atoms with Crippen molar-refractivity contribution in [3.63, 3.8) is 0 Å². The number of ether oxygens (including phenoxy) is 2. The highest BCUT2D eigenvalue weighted by molar-refractivity contribution is 6.37. The Morgan fingerprint density at radius 1 is 1.56 bits per heavy atom. The molecule has 1 rings (SSSR count). The van der Waals surface area contributed by atoms with E-state index in [1.165, 1.54) is 25.2 Å². The van der Waals surface area contributed by atoms with Crippen LogP contribution in [0.3, 0.4) is 0 Å². The van der Waals surface area contributed by atoms with Crippen molar-refractivity contribution in [2.45, 2.75) is 30.2 Å². The SMILES string of the molecule is CCOC(=O)C(C)OC(=O)C1(Cl)C=[C]C(Cl)C=C1. The number of carbonyl (C=O) groups excluding carboxylic acids is 2. The van der Waals surface area contributed by atoms with E-state index in [9.17, 15) is 9.59 Å². The Balaban J connectivity index is 2.63. The van der Waals surface area contributed by atoms with Gasteiger partial charge in [-0.15, -0.1) is 11.6 Å². The number of hydrogen-bond donors (Lipinski definition) is 0. The summed E-state index contributed by atoms with van der Waals surface area (Å²) in [6.45, 7) is 3.30. The highest BCUT2D eigenvalue weighted by Crippen LogP contribution is 2.26. The van der Waals surface area contributed by atoms with Crippen molar-refractivity contribution in [3.05, 3.63) is 24.3 Å². The molecule has 99 valence electrons. The van der Waals surface area contributed by atoms with Crippen molar-refractivity contribution in [1.82, 2.24) is 0 Å². The van der Waals surface area contributed by atoms with E-state index in [1.807, 2.05) is 0 Å². The fraction of sp³-hybridized carbons (Fsp3) is 0.500. The molecule has 0 aliphatic heterocycles. The summed E-state index contributed by atoms with van der Waals surface area (Å²) in [5, 5.41) is -0.424. The number of esters is 2. The lowest BCUT2D eigenvalue weighted by Gasteiger charge is -2.22. The molecule has 0 bridgehead atoms. The monoisotopic (exact) mass is 291 g/mol. The molecule has 6 heteroatoms. The van der Waals surface area contributed by atoms with E-state index in [0.29, 0.717) is 0 Å². The maximum Gasteiger partial charge on any atom is 0.347 e. The maximum absolute atomic E-state index is 11.8. The van der Waals surface area contributed by atoms with Gasteiger partial charge in [-0.2, -0.15) is 0 Å². The lowest BCUT2D eigenvalue weighted by atomic mass is 10.0. The molecule has 0 spiro atoms. The van der Waals surface area contributed by atoms with Gasteiger partial charge in [-0.1, -0.05) is 23.8 Å². The smallest absolute Gasteiger partial charge is 0.347 e. The average Bonchev–Trinajstić information content (AvgIpc) is 2.33. The molecular weight excluding hydrogens is 279 g/mol. The van der Waals surface area contributed by atoms with Crippen LogP contribution >= 0.6 is 23.2 Å². The Morgan fingerprint density at radius 3 is 2.72 bits per heavy atom. The molecule has 0 saturated heterocycles. The second-order valence-corrected chi connectivity index (χ2v) is 4.74. The quantitative estimate of drug-likeness (QED) is 0.452. The van der Waals surface area contributed by atoms with E-state index in [-0.39, 0.29) is 6.61 Å². The van der Waals surface area contributed by atoms with Crippen molar-refractivity contribution in [1.29, 1.82) is 0 Å². The molecule has 3 unspecified atom stereocenters. The van der Waals surface area contributed by atoms with Gasteiger partial charge in [0.15, 0.2) is 11.0 Å². The molecule has 0 aromatic heterocycles. The molecule has 0 N–H and O–H groups in total. The first-order valence-electron chi connectivity index (χ1n) is 5.39. The largest absolute Gasteiger partial charge is 0.463 e. The normalized spacial score (nSPS) is 27.7. The summed E-state index contributed by atoms with van der Waals surface area (Å²) in [5.74, 6) is -1.38. The second kappa shape index (κ2) is 6.25. The van der Waals surface area contributed by atoms with Crippen LogP contribution in [-0.2, 0) is 19.1 Å². The molecular formula is C12H13Cl2O4. The van der Waals surface area contributed by atoms with Gasteiger partial charge in [-0.3, -0.25) is 0 Å². The van der Waals surface area contributed by atoms with Gasteiger partial charge >= 0.3 is 11.9 Å². The first-order chi connectivity index (χ1) is 8.39. The van der Waals surface area contributed by atoms with Crippen molar-refractivity contribution in [2.75, 3.05) is 6.61 Å². The summed E-state index contributed by atoms with van der Waals surface area (Å²) < 4.78 is 9.65. The topological polar surface area (TPSA) is 52.6 Å². The molecule has 1 aliphatic carbocycles. The molecule has 1 aliphatic rings. The third kappa shape index (κ3) is 3.75. The highest BCUT2D eigenvalue weighted by Gasteiger charge is 2.36. The van der Waals surface area contributed by atoms with E-state index in [0.717, 1.165) is 0 Å². The van der Waals surface area contributed by atoms with Gasteiger partial charge in [0.05, 0.1) is 12.0 Å². The van der Waals surface area contributed by atoms with Crippen molar-refractivity contribution < 1.29 is 19.1 Å². The van der Waals surface area contributed by atoms with E-state index in [1.54, 1.807) is 6.92 Å². The molecule has 0 saturated carbocycles. The van der Waals surface area contributed by atoms with Crippen LogP contribution in [-0.4, -0.2) is 34.9 Å². The predicted octanol–water partition coefficient (Wildman–Crippen LogP) is 2.00. The van der Waals surface area contributed by atoms with Crippen LogP contribution in [0, 0.1) is 6.08 Å². The summed E-state index contributed by atoms with van der Waals surface area (Å²) in [4.78, 5) is 21.7. The van der Waals surface area contributed by atoms with Crippen molar-refractivity contribution >= 4 is 35.1 Å². The zero-order valence-corrected chi connectivity index (χ0v) is 11.5. The van der Waals surface area contributed by atoms with Gasteiger partial charge in [0, 0.05) is 0 Å². The fourth-order valence-electron chi connectivity index (χ4n) is 1.21. The number of allylic oxidation sites excluding steroid dienone is 2. The number of carbonyl (C=O) groups is 2. The lowest BCUT2D eigenvalue weighted by molar-refractivity contribution is -0.166. The van der Waals surface area contributed by atoms with E-state index in [2.05, 4.69) is 6.08 Å². The van der Waals surface area contributed by atoms with Crippen molar-refractivity contribution in [2.24, 2.45) is 0 Å². The summed E-state index contributed by atoms with van der Waals surface area (Å²) in [5.41, 5.74) is 0. The zero-order chi connectivity index (χ0) is 13.8. The summed E-state index contributed by atoms with van der Waals surface area (Å²) in [6.07, 6.45) is 5.91. The molecule has 1 radical (unpaired) electrons. The molecule has 0 aromatic rings. The van der Waals surface area contributed by atoms with Gasteiger partial charge in [-0.25, -0.2) is 9.59 Å². The number of rotatable bonds is 4. The molecule has 4 nitrogen and oxygen atoms in total. The first-order valence-corrected chi connectivity index (χ1v) is 6.21. The summed E-state index contributed by atoms with van der Waals surface area (Å²) >= 11 is 11.8. The van der Waals surface area contributed by atoms with Crippen LogP contribution in [0.25, 0.3) is 0 Å². The third-order valence-corrected chi connectivity index (χ3v) is 2.84. The van der Waals surface area contributed by atoms with Crippen LogP contribution in [0.15, 0.2) is 18.2 Å². The standard InChI is InChI=1S/C12H13Cl2O4/c1-3-17-10(15)8(2)18-11(16)12(14)6-4-9(13)5-7-12/h4,6-9H,3H2,1-2H3. The number of halogens is 2. The Kier molecular flexibility index (Phi) is 5.23. The molecule has 0 amide bonds. The predicted molar refractivity (Wildman–Crippen MR) is 67.4 cm³/mol. The average molecular weight is 292 g/mol. The Labute approximate surface area is 116 Å². The molecule has 3 atom stereocenters. The van der Waals surface area contributed by atoms with Gasteiger partial charge < -0.3 is 9.47 Å². The minimum atomic E-state index is -1.47. The van der Waals surface area contributed by atoms with Crippen LogP contribution in [0.5, 0.6) is 0 Å². The Hall–Kier alpha value is -1.00. The Morgan fingerprint density at radius 2 is 2.22 bits per heavy atom. The fourth-order valence-corrected chi connectivity index (χ4v) is 1.53. The third-order valence-electron chi connectivity index (χ3n) is 2.18. The van der Waals surface area contributed by atoms with Crippen LogP contribution < -0.4 is 0 Å². The van der Waals surface area contributed by atoms with E-state index in [4.69, 9.17) is 32.7 Å². The molecule has 0 heterocycles. The second-order valence-electron chi connectivity index (χ2n) is 3.64. The number of hydrogen-bond acceptors (Lipinski definition) is 4. The van der Waals surface area contributed by atoms with Gasteiger partial charge in [0.25, 0.3) is 0 Å². The van der Waals surface area contributed by atoms with E-state index < -0.39 is 28.3 Å². The first kappa shape index (κ1) is 15.1. The molecule has 0 fully saturated rings. The van der Waals surface area contributed by atoms with Crippen LogP contribution in [0.1, 0.15) is 13.8 Å². The van der Waals surface area contributed by atoms with Crippen molar-refractivity contribution in [3.8, 4) is 0 Å². The summed E-state index contributed by atoms with van der Waals surface area (Å²) in [7, 11) is 0. The van der Waals surface area contributed by atoms with E-state index >= 15 is 0 Å². The number of alkyl halides is 2. The maximum atomic E-state index is 11.8. The zero-order valence-electron chi connectivity index (χ0n) is 9.98. The van der Waals surface area contributed by atoms with Gasteiger partial charge in [-0.05, 0) is 26.0 Å². The van der Waals surface area contributed by atoms with Gasteiger partial charge in [0.2, 0.25) is 0 Å². The molecule has 18 heavy (non-hydrogen) atoms. The van der Waals surface area contributed by atoms with Crippen LogP contribution in [0.2, 0.25) is 0 Å². The lowest BCUT2D eigenvalue weighted by Crippen LogP contribution is -2.37. The minimum absolute atomic E-state index is 0.217.